The van der Waals surface area contributed by atoms with Crippen molar-refractivity contribution in [2.45, 2.75) is 56.3 Å². The van der Waals surface area contributed by atoms with Gasteiger partial charge in [0, 0.05) is 12.8 Å². The molecule has 2 aromatic carbocycles. The van der Waals surface area contributed by atoms with Crippen molar-refractivity contribution in [2.24, 2.45) is 5.73 Å². The van der Waals surface area contributed by atoms with Crippen LogP contribution >= 0.6 is 0 Å². The van der Waals surface area contributed by atoms with E-state index in [4.69, 9.17) is 10.8 Å². The molecule has 4 atom stereocenters. The molecule has 14 heteroatoms. The summed E-state index contributed by atoms with van der Waals surface area (Å²) in [6.45, 7) is 0. The second-order valence-electron chi connectivity index (χ2n) is 9.22. The average molecular weight is 573 g/mol. The molecule has 220 valence electrons. The first-order chi connectivity index (χ1) is 19.3. The number of nitrogens with one attached hydrogen (secondary N) is 3. The quantitative estimate of drug-likeness (QED) is 0.126. The van der Waals surface area contributed by atoms with Crippen molar-refractivity contribution >= 4 is 35.6 Å². The first-order valence-electron chi connectivity index (χ1n) is 12.5. The van der Waals surface area contributed by atoms with Crippen molar-refractivity contribution < 1.29 is 49.2 Å². The van der Waals surface area contributed by atoms with Crippen LogP contribution in [0.5, 0.6) is 5.75 Å². The molecule has 0 bridgehead atoms. The second-order valence-corrected chi connectivity index (χ2v) is 9.22. The van der Waals surface area contributed by atoms with Gasteiger partial charge in [-0.25, -0.2) is 4.79 Å². The van der Waals surface area contributed by atoms with E-state index in [0.29, 0.717) is 5.56 Å². The van der Waals surface area contributed by atoms with Crippen LogP contribution in [-0.4, -0.2) is 80.2 Å². The zero-order chi connectivity index (χ0) is 30.5. The fourth-order valence-corrected chi connectivity index (χ4v) is 3.77. The van der Waals surface area contributed by atoms with Gasteiger partial charge in [0.05, 0.1) is 12.5 Å². The van der Waals surface area contributed by atoms with Crippen molar-refractivity contribution in [2.75, 3.05) is 0 Å². The molecule has 0 saturated heterocycles. The number of phenolic OH excluding ortho intramolecular Hbond substituents is 1. The van der Waals surface area contributed by atoms with Crippen molar-refractivity contribution in [3.05, 3.63) is 65.7 Å². The van der Waals surface area contributed by atoms with E-state index in [-0.39, 0.29) is 18.6 Å². The van der Waals surface area contributed by atoms with Crippen LogP contribution in [0, 0.1) is 0 Å². The van der Waals surface area contributed by atoms with E-state index >= 15 is 0 Å². The van der Waals surface area contributed by atoms with Crippen LogP contribution in [0.2, 0.25) is 0 Å². The van der Waals surface area contributed by atoms with Crippen LogP contribution < -0.4 is 21.7 Å². The molecular weight excluding hydrogens is 540 g/mol. The Morgan fingerprint density at radius 2 is 1.20 bits per heavy atom. The van der Waals surface area contributed by atoms with Gasteiger partial charge in [0.15, 0.2) is 0 Å². The summed E-state index contributed by atoms with van der Waals surface area (Å²) in [6.07, 6.45) is -1.98. The average Bonchev–Trinajstić information content (AvgIpc) is 2.91. The Hall–Kier alpha value is -4.98. The third-order valence-electron chi connectivity index (χ3n) is 5.92. The van der Waals surface area contributed by atoms with Gasteiger partial charge >= 0.3 is 17.9 Å². The third kappa shape index (κ3) is 11.3. The van der Waals surface area contributed by atoms with Gasteiger partial charge in [-0.05, 0) is 36.1 Å². The highest BCUT2D eigenvalue weighted by Gasteiger charge is 2.32. The van der Waals surface area contributed by atoms with Gasteiger partial charge < -0.3 is 42.1 Å². The standard InChI is InChI=1S/C27H32N4O10/c28-18(12-15-4-2-1-3-5-15)24(37)30-20(13-16-6-8-17(32)9-7-16)25(38)31-21(14-23(35)36)26(39)29-19(27(40)41)10-11-22(33)34/h1-9,18-21,32H,10-14,28H2,(H,29,39)(H,30,37)(H,31,38)(H,33,34)(H,35,36)(H,40,41). The van der Waals surface area contributed by atoms with E-state index in [9.17, 15) is 44.1 Å². The maximum Gasteiger partial charge on any atom is 0.326 e. The van der Waals surface area contributed by atoms with E-state index in [1.807, 2.05) is 5.32 Å². The summed E-state index contributed by atoms with van der Waals surface area (Å²) in [4.78, 5) is 72.7. The molecule has 9 N–H and O–H groups in total. The lowest BCUT2D eigenvalue weighted by molar-refractivity contribution is -0.144. The van der Waals surface area contributed by atoms with Crippen molar-refractivity contribution in [1.29, 1.82) is 0 Å². The molecule has 0 spiro atoms. The molecule has 41 heavy (non-hydrogen) atoms. The van der Waals surface area contributed by atoms with E-state index in [2.05, 4.69) is 10.6 Å². The van der Waals surface area contributed by atoms with Gasteiger partial charge in [0.2, 0.25) is 17.7 Å². The number of carbonyl (C=O) groups excluding carboxylic acids is 3. The maximum absolute atomic E-state index is 13.3. The fraction of sp³-hybridized carbons (Fsp3) is 0.333. The Morgan fingerprint density at radius 3 is 1.76 bits per heavy atom. The molecule has 2 rings (SSSR count). The molecule has 14 nitrogen and oxygen atoms in total. The largest absolute Gasteiger partial charge is 0.508 e. The number of carbonyl (C=O) groups is 6. The van der Waals surface area contributed by atoms with E-state index in [1.54, 1.807) is 30.3 Å². The number of nitrogens with two attached hydrogens (primary N) is 1. The minimum Gasteiger partial charge on any atom is -0.508 e. The fourth-order valence-electron chi connectivity index (χ4n) is 3.77. The molecule has 0 aliphatic heterocycles. The number of aromatic hydroxyl groups is 1. The molecule has 0 aliphatic rings. The highest BCUT2D eigenvalue weighted by Crippen LogP contribution is 2.12. The van der Waals surface area contributed by atoms with Gasteiger partial charge in [-0.2, -0.15) is 0 Å². The number of rotatable bonds is 16. The summed E-state index contributed by atoms with van der Waals surface area (Å²) in [6, 6.07) is 8.75. The van der Waals surface area contributed by atoms with E-state index in [0.717, 1.165) is 5.56 Å². The third-order valence-corrected chi connectivity index (χ3v) is 5.92. The molecule has 0 aromatic heterocycles. The minimum absolute atomic E-state index is 0.0438. The lowest BCUT2D eigenvalue weighted by atomic mass is 10.0. The SMILES string of the molecule is NC(Cc1ccccc1)C(=O)NC(Cc1ccc(O)cc1)C(=O)NC(CC(=O)O)C(=O)NC(CCC(=O)O)C(=O)O. The zero-order valence-electron chi connectivity index (χ0n) is 21.9. The van der Waals surface area contributed by atoms with Crippen molar-refractivity contribution in [3.63, 3.8) is 0 Å². The minimum atomic E-state index is -1.76. The number of amides is 3. The number of hydrogen-bond acceptors (Lipinski definition) is 8. The summed E-state index contributed by atoms with van der Waals surface area (Å²) < 4.78 is 0. The Morgan fingerprint density at radius 1 is 0.659 bits per heavy atom. The van der Waals surface area contributed by atoms with Gasteiger partial charge in [-0.15, -0.1) is 0 Å². The second kappa shape index (κ2) is 15.6. The summed E-state index contributed by atoms with van der Waals surface area (Å²) in [5.41, 5.74) is 7.31. The van der Waals surface area contributed by atoms with E-state index in [1.165, 1.54) is 24.3 Å². The van der Waals surface area contributed by atoms with Gasteiger partial charge in [-0.3, -0.25) is 24.0 Å². The molecule has 0 heterocycles. The molecule has 2 aromatic rings. The Bertz CT molecular complexity index is 1240. The number of aliphatic carboxylic acids is 3. The normalized spacial score (nSPS) is 13.6. The number of hydrogen-bond donors (Lipinski definition) is 8. The van der Waals surface area contributed by atoms with Gasteiger partial charge in [0.25, 0.3) is 0 Å². The molecule has 4 unspecified atom stereocenters. The Balaban J connectivity index is 2.23. The topological polar surface area (TPSA) is 245 Å². The van der Waals surface area contributed by atoms with Crippen molar-refractivity contribution in [3.8, 4) is 5.75 Å². The molecule has 0 radical (unpaired) electrons. The number of benzene rings is 2. The van der Waals surface area contributed by atoms with Crippen LogP contribution in [0.3, 0.4) is 0 Å². The van der Waals surface area contributed by atoms with Crippen molar-refractivity contribution in [1.82, 2.24) is 16.0 Å². The van der Waals surface area contributed by atoms with Gasteiger partial charge in [0.1, 0.15) is 23.9 Å². The summed E-state index contributed by atoms with van der Waals surface area (Å²) >= 11 is 0. The smallest absolute Gasteiger partial charge is 0.326 e. The summed E-state index contributed by atoms with van der Waals surface area (Å²) in [5, 5.41) is 43.8. The summed E-state index contributed by atoms with van der Waals surface area (Å²) in [7, 11) is 0. The lowest BCUT2D eigenvalue weighted by Crippen LogP contribution is -2.58. The molecule has 0 fully saturated rings. The molecular formula is C27H32N4O10. The molecule has 0 aliphatic carbocycles. The molecule has 0 saturated carbocycles. The highest BCUT2D eigenvalue weighted by atomic mass is 16.4. The van der Waals surface area contributed by atoms with Gasteiger partial charge in [-0.1, -0.05) is 42.5 Å². The lowest BCUT2D eigenvalue weighted by Gasteiger charge is -2.24. The van der Waals surface area contributed by atoms with Crippen LogP contribution in [0.25, 0.3) is 0 Å². The van der Waals surface area contributed by atoms with Crippen LogP contribution in [0.1, 0.15) is 30.4 Å². The van der Waals surface area contributed by atoms with Crippen LogP contribution in [-0.2, 0) is 41.6 Å². The number of phenols is 1. The first-order valence-corrected chi connectivity index (χ1v) is 12.5. The van der Waals surface area contributed by atoms with Crippen LogP contribution in [0.4, 0.5) is 0 Å². The maximum atomic E-state index is 13.3. The summed E-state index contributed by atoms with van der Waals surface area (Å²) in [5.74, 6) is -7.23. The van der Waals surface area contributed by atoms with Crippen LogP contribution in [0.15, 0.2) is 54.6 Å². The van der Waals surface area contributed by atoms with E-state index < -0.39 is 79.1 Å². The number of carboxylic acid groups (broad SMARTS) is 3. The monoisotopic (exact) mass is 572 g/mol. The predicted octanol–water partition coefficient (Wildman–Crippen LogP) is -0.617. The molecule has 3 amide bonds. The Labute approximate surface area is 234 Å². The first kappa shape index (κ1) is 32.2. The predicted molar refractivity (Wildman–Crippen MR) is 142 cm³/mol. The Kier molecular flexibility index (Phi) is 12.2. The highest BCUT2D eigenvalue weighted by molar-refractivity contribution is 5.95. The zero-order valence-corrected chi connectivity index (χ0v) is 21.9. The number of carboxylic acids is 3.